The summed E-state index contributed by atoms with van der Waals surface area (Å²) in [5, 5.41) is 0. The summed E-state index contributed by atoms with van der Waals surface area (Å²) in [5.74, 6) is 1.11. The van der Waals surface area contributed by atoms with E-state index < -0.39 is 6.10 Å². The molecule has 134 valence electrons. The molecule has 25 heavy (non-hydrogen) atoms. The Labute approximate surface area is 150 Å². The normalized spacial score (nSPS) is 12.3. The first-order valence-corrected chi connectivity index (χ1v) is 8.81. The Bertz CT molecular complexity index is 711. The summed E-state index contributed by atoms with van der Waals surface area (Å²) in [6, 6.07) is 9.93. The predicted octanol–water partition coefficient (Wildman–Crippen LogP) is 4.72. The Morgan fingerprint density at radius 2 is 1.84 bits per heavy atom. The Kier molecular flexibility index (Phi) is 6.18. The van der Waals surface area contributed by atoms with E-state index >= 15 is 0 Å². The van der Waals surface area contributed by atoms with Gasteiger partial charge in [-0.3, -0.25) is 9.78 Å². The molecule has 1 heterocycles. The second-order valence-electron chi connectivity index (χ2n) is 6.95. The van der Waals surface area contributed by atoms with Crippen molar-refractivity contribution in [2.75, 3.05) is 4.90 Å². The van der Waals surface area contributed by atoms with Gasteiger partial charge in [-0.1, -0.05) is 26.0 Å². The first-order chi connectivity index (χ1) is 11.8. The SMILES string of the molecule is Cc1ccc(C(C)C)cc1OC(C)C(=O)N(c1cccnc1)C(C)C. The first kappa shape index (κ1) is 19.0. The maximum Gasteiger partial charge on any atom is 0.268 e. The van der Waals surface area contributed by atoms with Crippen LogP contribution in [0.15, 0.2) is 42.7 Å². The predicted molar refractivity (Wildman–Crippen MR) is 102 cm³/mol. The van der Waals surface area contributed by atoms with Crippen LogP contribution in [0.25, 0.3) is 0 Å². The van der Waals surface area contributed by atoms with Crippen molar-refractivity contribution in [2.45, 2.75) is 59.6 Å². The van der Waals surface area contributed by atoms with E-state index in [-0.39, 0.29) is 11.9 Å². The highest BCUT2D eigenvalue weighted by molar-refractivity contribution is 5.96. The molecule has 0 bridgehead atoms. The van der Waals surface area contributed by atoms with Crippen LogP contribution in [0.2, 0.25) is 0 Å². The third-order valence-corrected chi connectivity index (χ3v) is 4.21. The molecule has 4 nitrogen and oxygen atoms in total. The fourth-order valence-corrected chi connectivity index (χ4v) is 2.72. The monoisotopic (exact) mass is 340 g/mol. The molecule has 0 saturated carbocycles. The van der Waals surface area contributed by atoms with E-state index in [2.05, 4.69) is 24.9 Å². The number of hydrogen-bond acceptors (Lipinski definition) is 3. The molecule has 0 radical (unpaired) electrons. The second kappa shape index (κ2) is 8.15. The Balaban J connectivity index is 2.23. The molecule has 1 atom stereocenters. The molecule has 1 unspecified atom stereocenters. The molecule has 0 aliphatic rings. The zero-order valence-corrected chi connectivity index (χ0v) is 16.0. The Hall–Kier alpha value is -2.36. The van der Waals surface area contributed by atoms with Gasteiger partial charge in [0.15, 0.2) is 6.10 Å². The van der Waals surface area contributed by atoms with Crippen molar-refractivity contribution in [2.24, 2.45) is 0 Å². The zero-order valence-electron chi connectivity index (χ0n) is 16.0. The zero-order chi connectivity index (χ0) is 18.6. The van der Waals surface area contributed by atoms with Crippen molar-refractivity contribution in [3.05, 3.63) is 53.9 Å². The number of carbonyl (C=O) groups is 1. The van der Waals surface area contributed by atoms with Crippen molar-refractivity contribution >= 4 is 11.6 Å². The van der Waals surface area contributed by atoms with Crippen LogP contribution in [0.1, 0.15) is 51.7 Å². The highest BCUT2D eigenvalue weighted by Gasteiger charge is 2.26. The Morgan fingerprint density at radius 3 is 2.40 bits per heavy atom. The average Bonchev–Trinajstić information content (AvgIpc) is 2.57. The number of carbonyl (C=O) groups excluding carboxylic acids is 1. The van der Waals surface area contributed by atoms with Gasteiger partial charge in [-0.2, -0.15) is 0 Å². The summed E-state index contributed by atoms with van der Waals surface area (Å²) in [4.78, 5) is 18.9. The summed E-state index contributed by atoms with van der Waals surface area (Å²) in [5.41, 5.74) is 3.01. The summed E-state index contributed by atoms with van der Waals surface area (Å²) in [7, 11) is 0. The van der Waals surface area contributed by atoms with Gasteiger partial charge in [0, 0.05) is 12.2 Å². The fourth-order valence-electron chi connectivity index (χ4n) is 2.72. The van der Waals surface area contributed by atoms with Crippen LogP contribution >= 0.6 is 0 Å². The highest BCUT2D eigenvalue weighted by Crippen LogP contribution is 2.26. The molecule has 2 aromatic rings. The minimum Gasteiger partial charge on any atom is -0.481 e. The number of rotatable bonds is 6. The minimum atomic E-state index is -0.580. The second-order valence-corrected chi connectivity index (χ2v) is 6.95. The number of anilines is 1. The molecule has 0 fully saturated rings. The van der Waals surface area contributed by atoms with Crippen LogP contribution in [0.3, 0.4) is 0 Å². The lowest BCUT2D eigenvalue weighted by molar-refractivity contribution is -0.125. The lowest BCUT2D eigenvalue weighted by atomic mass is 10.0. The standard InChI is InChI=1S/C21H28N2O2/c1-14(2)18-10-9-16(5)20(12-18)25-17(6)21(24)23(15(3)4)19-8-7-11-22-13-19/h7-15,17H,1-6H3. The number of ether oxygens (including phenoxy) is 1. The van der Waals surface area contributed by atoms with E-state index in [1.54, 1.807) is 24.2 Å². The lowest BCUT2D eigenvalue weighted by Crippen LogP contribution is -2.44. The van der Waals surface area contributed by atoms with Crippen LogP contribution in [0.5, 0.6) is 5.75 Å². The Morgan fingerprint density at radius 1 is 1.12 bits per heavy atom. The number of benzene rings is 1. The van der Waals surface area contributed by atoms with Gasteiger partial charge in [0.05, 0.1) is 11.9 Å². The minimum absolute atomic E-state index is 0.0193. The first-order valence-electron chi connectivity index (χ1n) is 8.81. The quantitative estimate of drug-likeness (QED) is 0.764. The number of amides is 1. The maximum atomic E-state index is 13.0. The van der Waals surface area contributed by atoms with Crippen molar-refractivity contribution in [3.63, 3.8) is 0 Å². The van der Waals surface area contributed by atoms with Gasteiger partial charge in [0.25, 0.3) is 5.91 Å². The van der Waals surface area contributed by atoms with E-state index in [4.69, 9.17) is 4.74 Å². The van der Waals surface area contributed by atoms with Crippen LogP contribution in [0, 0.1) is 6.92 Å². The molecule has 0 aliphatic heterocycles. The molecular weight excluding hydrogens is 312 g/mol. The van der Waals surface area contributed by atoms with Gasteiger partial charge in [-0.15, -0.1) is 0 Å². The largest absolute Gasteiger partial charge is 0.481 e. The smallest absolute Gasteiger partial charge is 0.268 e. The highest BCUT2D eigenvalue weighted by atomic mass is 16.5. The van der Waals surface area contributed by atoms with E-state index in [0.29, 0.717) is 5.92 Å². The summed E-state index contributed by atoms with van der Waals surface area (Å²) >= 11 is 0. The topological polar surface area (TPSA) is 42.4 Å². The summed E-state index contributed by atoms with van der Waals surface area (Å²) < 4.78 is 6.04. The van der Waals surface area contributed by atoms with Crippen molar-refractivity contribution in [1.82, 2.24) is 4.98 Å². The number of nitrogens with zero attached hydrogens (tertiary/aromatic N) is 2. The van der Waals surface area contributed by atoms with Gasteiger partial charge in [0.1, 0.15) is 5.75 Å². The van der Waals surface area contributed by atoms with Gasteiger partial charge >= 0.3 is 0 Å². The average molecular weight is 340 g/mol. The number of aromatic nitrogens is 1. The van der Waals surface area contributed by atoms with Crippen LogP contribution in [0.4, 0.5) is 5.69 Å². The molecule has 1 aromatic carbocycles. The number of hydrogen-bond donors (Lipinski definition) is 0. The molecule has 0 saturated heterocycles. The van der Waals surface area contributed by atoms with E-state index in [1.165, 1.54) is 5.56 Å². The maximum absolute atomic E-state index is 13.0. The van der Waals surface area contributed by atoms with Crippen LogP contribution in [-0.2, 0) is 4.79 Å². The van der Waals surface area contributed by atoms with E-state index in [0.717, 1.165) is 17.0 Å². The third kappa shape index (κ3) is 4.59. The van der Waals surface area contributed by atoms with Gasteiger partial charge < -0.3 is 9.64 Å². The van der Waals surface area contributed by atoms with Crippen LogP contribution < -0.4 is 9.64 Å². The summed E-state index contributed by atoms with van der Waals surface area (Å²) in [6.07, 6.45) is 2.83. The third-order valence-electron chi connectivity index (χ3n) is 4.21. The van der Waals surface area contributed by atoms with E-state index in [9.17, 15) is 4.79 Å². The lowest BCUT2D eigenvalue weighted by Gasteiger charge is -2.29. The number of aryl methyl sites for hydroxylation is 1. The van der Waals surface area contributed by atoms with Crippen molar-refractivity contribution < 1.29 is 9.53 Å². The molecule has 1 amide bonds. The van der Waals surface area contributed by atoms with Crippen molar-refractivity contribution in [3.8, 4) is 5.75 Å². The van der Waals surface area contributed by atoms with Crippen molar-refractivity contribution in [1.29, 1.82) is 0 Å². The van der Waals surface area contributed by atoms with Gasteiger partial charge in [-0.05, 0) is 62.9 Å². The molecule has 0 spiro atoms. The fraction of sp³-hybridized carbons (Fsp3) is 0.429. The molecule has 2 rings (SSSR count). The molecule has 0 N–H and O–H groups in total. The summed E-state index contributed by atoms with van der Waals surface area (Å²) in [6.45, 7) is 12.1. The van der Waals surface area contributed by atoms with Gasteiger partial charge in [-0.25, -0.2) is 0 Å². The number of pyridine rings is 1. The molecule has 0 aliphatic carbocycles. The molecule has 1 aromatic heterocycles. The van der Waals surface area contributed by atoms with Crippen LogP contribution in [-0.4, -0.2) is 23.0 Å². The van der Waals surface area contributed by atoms with E-state index in [1.807, 2.05) is 45.0 Å². The van der Waals surface area contributed by atoms with Gasteiger partial charge in [0.2, 0.25) is 0 Å². The molecular formula is C21H28N2O2. The molecule has 4 heteroatoms.